The van der Waals surface area contributed by atoms with E-state index in [1.54, 1.807) is 0 Å². The van der Waals surface area contributed by atoms with Gasteiger partial charge in [0, 0.05) is 18.7 Å². The average molecular weight is 243 g/mol. The van der Waals surface area contributed by atoms with E-state index in [9.17, 15) is 0 Å². The number of rotatable bonds is 3. The van der Waals surface area contributed by atoms with Gasteiger partial charge in [-0.15, -0.1) is 0 Å². The van der Waals surface area contributed by atoms with E-state index in [1.807, 2.05) is 0 Å². The lowest BCUT2D eigenvalue weighted by atomic mass is 9.85. The van der Waals surface area contributed by atoms with Crippen molar-refractivity contribution in [2.75, 3.05) is 18.1 Å². The monoisotopic (exact) mass is 243 g/mol. The second-order valence-electron chi connectivity index (χ2n) is 5.31. The third-order valence-electron chi connectivity index (χ3n) is 4.03. The highest BCUT2D eigenvalue weighted by Gasteiger charge is 2.38. The summed E-state index contributed by atoms with van der Waals surface area (Å²) in [5.74, 6) is 2.58. The van der Waals surface area contributed by atoms with Crippen LogP contribution in [0, 0.1) is 0 Å². The fourth-order valence-electron chi connectivity index (χ4n) is 2.78. The van der Waals surface area contributed by atoms with E-state index < -0.39 is 0 Å². The predicted molar refractivity (Wildman–Crippen MR) is 71.2 cm³/mol. The van der Waals surface area contributed by atoms with Crippen LogP contribution in [0.4, 0.5) is 0 Å². The molecule has 0 amide bonds. The van der Waals surface area contributed by atoms with E-state index in [4.69, 9.17) is 4.74 Å². The molecular formula is C13H25NOS. The van der Waals surface area contributed by atoms with Gasteiger partial charge in [-0.05, 0) is 50.5 Å². The van der Waals surface area contributed by atoms with Gasteiger partial charge in [0.1, 0.15) is 0 Å². The summed E-state index contributed by atoms with van der Waals surface area (Å²) < 4.78 is 6.10. The first-order chi connectivity index (χ1) is 7.74. The van der Waals surface area contributed by atoms with Crippen LogP contribution in [0.25, 0.3) is 0 Å². The van der Waals surface area contributed by atoms with E-state index in [1.165, 1.54) is 43.6 Å². The fourth-order valence-corrected chi connectivity index (χ4v) is 4.02. The molecule has 1 N–H and O–H groups in total. The van der Waals surface area contributed by atoms with Gasteiger partial charge in [0.2, 0.25) is 0 Å². The van der Waals surface area contributed by atoms with E-state index in [0.717, 1.165) is 6.61 Å². The van der Waals surface area contributed by atoms with Crippen LogP contribution in [0.1, 0.15) is 46.0 Å². The largest absolute Gasteiger partial charge is 0.375 e. The standard InChI is InChI=1S/C13H25NOS/c1-3-11(2)14-12-4-7-15-13(10-12)5-8-16-9-6-13/h11-12,14H,3-10H2,1-2H3. The molecule has 2 heterocycles. The molecule has 94 valence electrons. The molecule has 0 aliphatic carbocycles. The molecule has 2 unspecified atom stereocenters. The first kappa shape index (κ1) is 12.7. The molecule has 2 atom stereocenters. The van der Waals surface area contributed by atoms with E-state index in [-0.39, 0.29) is 5.60 Å². The molecule has 2 aliphatic rings. The molecule has 16 heavy (non-hydrogen) atoms. The molecule has 3 heteroatoms. The van der Waals surface area contributed by atoms with Crippen LogP contribution in [0.5, 0.6) is 0 Å². The fraction of sp³-hybridized carbons (Fsp3) is 1.00. The molecule has 1 spiro atoms. The van der Waals surface area contributed by atoms with Gasteiger partial charge in [-0.1, -0.05) is 6.92 Å². The van der Waals surface area contributed by atoms with Crippen molar-refractivity contribution >= 4 is 11.8 Å². The third-order valence-corrected chi connectivity index (χ3v) is 5.02. The molecule has 0 radical (unpaired) electrons. The Morgan fingerprint density at radius 2 is 2.19 bits per heavy atom. The highest BCUT2D eigenvalue weighted by molar-refractivity contribution is 7.99. The van der Waals surface area contributed by atoms with Crippen LogP contribution in [0.2, 0.25) is 0 Å². The Bertz CT molecular complexity index is 210. The van der Waals surface area contributed by atoms with Crippen molar-refractivity contribution in [2.24, 2.45) is 0 Å². The van der Waals surface area contributed by atoms with Crippen LogP contribution in [0.15, 0.2) is 0 Å². The van der Waals surface area contributed by atoms with Crippen molar-refractivity contribution in [3.8, 4) is 0 Å². The van der Waals surface area contributed by atoms with Crippen LogP contribution in [0.3, 0.4) is 0 Å². The molecule has 2 rings (SSSR count). The molecule has 2 saturated heterocycles. The van der Waals surface area contributed by atoms with Crippen molar-refractivity contribution in [3.05, 3.63) is 0 Å². The zero-order chi connectivity index (χ0) is 11.4. The number of nitrogens with one attached hydrogen (secondary N) is 1. The van der Waals surface area contributed by atoms with Gasteiger partial charge in [0.25, 0.3) is 0 Å². The van der Waals surface area contributed by atoms with Crippen molar-refractivity contribution in [2.45, 2.75) is 63.6 Å². The second-order valence-corrected chi connectivity index (χ2v) is 6.53. The van der Waals surface area contributed by atoms with Gasteiger partial charge < -0.3 is 10.1 Å². The lowest BCUT2D eigenvalue weighted by molar-refractivity contribution is -0.0940. The molecule has 0 saturated carbocycles. The molecule has 0 bridgehead atoms. The van der Waals surface area contributed by atoms with Crippen LogP contribution >= 0.6 is 11.8 Å². The summed E-state index contributed by atoms with van der Waals surface area (Å²) in [5, 5.41) is 3.75. The lowest BCUT2D eigenvalue weighted by Crippen LogP contribution is -2.50. The smallest absolute Gasteiger partial charge is 0.0713 e. The molecule has 2 aliphatic heterocycles. The molecule has 2 nitrogen and oxygen atoms in total. The molecular weight excluding hydrogens is 218 g/mol. The highest BCUT2D eigenvalue weighted by atomic mass is 32.2. The molecule has 0 aromatic carbocycles. The first-order valence-electron chi connectivity index (χ1n) is 6.72. The zero-order valence-corrected chi connectivity index (χ0v) is 11.4. The zero-order valence-electron chi connectivity index (χ0n) is 10.6. The third kappa shape index (κ3) is 3.14. The Kier molecular flexibility index (Phi) is 4.57. The molecule has 0 aromatic rings. The second kappa shape index (κ2) is 5.74. The van der Waals surface area contributed by atoms with Crippen molar-refractivity contribution in [3.63, 3.8) is 0 Å². The average Bonchev–Trinajstić information content (AvgIpc) is 2.30. The Labute approximate surface area is 104 Å². The minimum Gasteiger partial charge on any atom is -0.375 e. The number of ether oxygens (including phenoxy) is 1. The topological polar surface area (TPSA) is 21.3 Å². The summed E-state index contributed by atoms with van der Waals surface area (Å²) in [6, 6.07) is 1.34. The van der Waals surface area contributed by atoms with Crippen LogP contribution in [-0.4, -0.2) is 35.8 Å². The van der Waals surface area contributed by atoms with Gasteiger partial charge >= 0.3 is 0 Å². The molecule has 0 aromatic heterocycles. The molecule has 2 fully saturated rings. The highest BCUT2D eigenvalue weighted by Crippen LogP contribution is 2.37. The summed E-state index contributed by atoms with van der Waals surface area (Å²) in [6.45, 7) is 5.50. The normalized spacial score (nSPS) is 31.5. The number of thioether (sulfide) groups is 1. The Morgan fingerprint density at radius 3 is 2.88 bits per heavy atom. The van der Waals surface area contributed by atoms with Crippen molar-refractivity contribution in [1.82, 2.24) is 5.32 Å². The summed E-state index contributed by atoms with van der Waals surface area (Å²) >= 11 is 2.08. The van der Waals surface area contributed by atoms with Gasteiger partial charge in [-0.3, -0.25) is 0 Å². The maximum Gasteiger partial charge on any atom is 0.0713 e. The number of hydrogen-bond donors (Lipinski definition) is 1. The Morgan fingerprint density at radius 1 is 1.44 bits per heavy atom. The maximum absolute atomic E-state index is 6.10. The van der Waals surface area contributed by atoms with E-state index >= 15 is 0 Å². The Hall–Kier alpha value is 0.270. The first-order valence-corrected chi connectivity index (χ1v) is 7.87. The van der Waals surface area contributed by atoms with Crippen LogP contribution in [-0.2, 0) is 4.74 Å². The van der Waals surface area contributed by atoms with E-state index in [2.05, 4.69) is 30.9 Å². The SMILES string of the molecule is CCC(C)NC1CCOC2(CCSCC2)C1. The predicted octanol–water partition coefficient (Wildman–Crippen LogP) is 2.82. The minimum absolute atomic E-state index is 0.231. The van der Waals surface area contributed by atoms with Crippen molar-refractivity contribution in [1.29, 1.82) is 0 Å². The Balaban J connectivity index is 1.87. The van der Waals surface area contributed by atoms with E-state index in [0.29, 0.717) is 12.1 Å². The maximum atomic E-state index is 6.10. The summed E-state index contributed by atoms with van der Waals surface area (Å²) in [5.41, 5.74) is 0.231. The van der Waals surface area contributed by atoms with Gasteiger partial charge in [0.05, 0.1) is 5.60 Å². The van der Waals surface area contributed by atoms with Gasteiger partial charge in [-0.2, -0.15) is 11.8 Å². The van der Waals surface area contributed by atoms with Crippen LogP contribution < -0.4 is 5.32 Å². The number of hydrogen-bond acceptors (Lipinski definition) is 3. The quantitative estimate of drug-likeness (QED) is 0.823. The lowest BCUT2D eigenvalue weighted by Gasteiger charge is -2.44. The minimum atomic E-state index is 0.231. The summed E-state index contributed by atoms with van der Waals surface area (Å²) in [6.07, 6.45) is 6.17. The van der Waals surface area contributed by atoms with Gasteiger partial charge in [-0.25, -0.2) is 0 Å². The summed E-state index contributed by atoms with van der Waals surface area (Å²) in [4.78, 5) is 0. The summed E-state index contributed by atoms with van der Waals surface area (Å²) in [7, 11) is 0. The van der Waals surface area contributed by atoms with Crippen molar-refractivity contribution < 1.29 is 4.74 Å². The van der Waals surface area contributed by atoms with Gasteiger partial charge in [0.15, 0.2) is 0 Å².